The molecule has 1 atom stereocenters. The molecule has 2 saturated heterocycles. The highest BCUT2D eigenvalue weighted by Crippen LogP contribution is 2.29. The molecule has 0 bridgehead atoms. The molecule has 1 amide bonds. The van der Waals surface area contributed by atoms with Crippen LogP contribution in [0.3, 0.4) is 0 Å². The normalized spacial score (nSPS) is 19.2. The summed E-state index contributed by atoms with van der Waals surface area (Å²) in [6.07, 6.45) is 5.80. The first-order valence-electron chi connectivity index (χ1n) is 13.2. The monoisotopic (exact) mass is 539 g/mol. The quantitative estimate of drug-likeness (QED) is 0.465. The topological polar surface area (TPSA) is 130 Å². The molecule has 202 valence electrons. The Labute approximate surface area is 227 Å². The number of nitrogen functional groups attached to an aromatic ring is 1. The molecule has 5 rings (SSSR count). The highest BCUT2D eigenvalue weighted by Gasteiger charge is 2.35. The number of carbonyl (C=O) groups is 1. The SMILES string of the molecule is CCC[C@H]1CN(c2ncc(-c3nnc(C)o3)nc2C)CCN1C1CCN(C(=O)c2ccc(Cl)nc2N)CC1. The van der Waals surface area contributed by atoms with Crippen LogP contribution >= 0.6 is 11.6 Å². The molecule has 0 radical (unpaired) electrons. The van der Waals surface area contributed by atoms with Crippen molar-refractivity contribution in [3.63, 3.8) is 0 Å². The van der Waals surface area contributed by atoms with Crippen molar-refractivity contribution in [2.24, 2.45) is 0 Å². The Kier molecular flexibility index (Phi) is 7.75. The molecule has 2 N–H and O–H groups in total. The molecule has 2 aliphatic rings. The number of amides is 1. The summed E-state index contributed by atoms with van der Waals surface area (Å²) in [4.78, 5) is 33.4. The lowest BCUT2D eigenvalue weighted by Gasteiger charge is -2.48. The van der Waals surface area contributed by atoms with Crippen LogP contribution in [0, 0.1) is 13.8 Å². The molecule has 3 aromatic rings. The first-order chi connectivity index (χ1) is 18.3. The van der Waals surface area contributed by atoms with Crippen molar-refractivity contribution in [1.29, 1.82) is 0 Å². The summed E-state index contributed by atoms with van der Waals surface area (Å²) < 4.78 is 5.51. The van der Waals surface area contributed by atoms with Crippen molar-refractivity contribution < 1.29 is 9.21 Å². The van der Waals surface area contributed by atoms with E-state index >= 15 is 0 Å². The van der Waals surface area contributed by atoms with Crippen molar-refractivity contribution >= 4 is 29.1 Å². The van der Waals surface area contributed by atoms with E-state index in [1.165, 1.54) is 0 Å². The van der Waals surface area contributed by atoms with E-state index in [1.54, 1.807) is 25.3 Å². The van der Waals surface area contributed by atoms with E-state index in [4.69, 9.17) is 31.7 Å². The lowest BCUT2D eigenvalue weighted by Crippen LogP contribution is -2.59. The lowest BCUT2D eigenvalue weighted by atomic mass is 9.97. The number of nitrogens with zero attached hydrogens (tertiary/aromatic N) is 8. The van der Waals surface area contributed by atoms with E-state index in [-0.39, 0.29) is 16.9 Å². The second kappa shape index (κ2) is 11.2. The Morgan fingerprint density at radius 2 is 1.92 bits per heavy atom. The number of nitrogens with two attached hydrogens (primary N) is 1. The minimum absolute atomic E-state index is 0.0757. The van der Waals surface area contributed by atoms with E-state index in [9.17, 15) is 4.79 Å². The van der Waals surface area contributed by atoms with Gasteiger partial charge in [0.25, 0.3) is 11.8 Å². The van der Waals surface area contributed by atoms with E-state index in [0.717, 1.165) is 56.8 Å². The van der Waals surface area contributed by atoms with Gasteiger partial charge in [-0.05, 0) is 38.3 Å². The van der Waals surface area contributed by atoms with Crippen LogP contribution in [0.2, 0.25) is 5.15 Å². The average molecular weight is 540 g/mol. The van der Waals surface area contributed by atoms with Crippen LogP contribution in [0.15, 0.2) is 22.7 Å². The van der Waals surface area contributed by atoms with Crippen molar-refractivity contribution in [2.45, 2.75) is 58.5 Å². The fraction of sp³-hybridized carbons (Fsp3) is 0.538. The van der Waals surface area contributed by atoms with Gasteiger partial charge in [-0.15, -0.1) is 10.2 Å². The van der Waals surface area contributed by atoms with Crippen LogP contribution in [-0.2, 0) is 0 Å². The molecule has 3 aromatic heterocycles. The number of carbonyl (C=O) groups excluding carboxylic acids is 1. The van der Waals surface area contributed by atoms with Crippen molar-refractivity contribution in [1.82, 2.24) is 34.9 Å². The molecule has 2 fully saturated rings. The van der Waals surface area contributed by atoms with E-state index in [2.05, 4.69) is 31.9 Å². The Balaban J connectivity index is 1.23. The van der Waals surface area contributed by atoms with Crippen molar-refractivity contribution in [3.8, 4) is 11.6 Å². The number of anilines is 2. The Hall–Kier alpha value is -3.31. The van der Waals surface area contributed by atoms with Crippen LogP contribution in [-0.4, -0.2) is 85.7 Å². The van der Waals surface area contributed by atoms with Gasteiger partial charge in [0.1, 0.15) is 22.5 Å². The summed E-state index contributed by atoms with van der Waals surface area (Å²) >= 11 is 5.90. The fourth-order valence-electron chi connectivity index (χ4n) is 5.62. The van der Waals surface area contributed by atoms with Crippen LogP contribution in [0.25, 0.3) is 11.6 Å². The number of rotatable bonds is 6. The van der Waals surface area contributed by atoms with Gasteiger partial charge in [0.05, 0.1) is 17.5 Å². The molecular formula is C26H34ClN9O2. The lowest BCUT2D eigenvalue weighted by molar-refractivity contribution is 0.0481. The number of aromatic nitrogens is 5. The minimum Gasteiger partial charge on any atom is -0.420 e. The summed E-state index contributed by atoms with van der Waals surface area (Å²) in [5.74, 6) is 1.90. The first-order valence-corrected chi connectivity index (χ1v) is 13.6. The van der Waals surface area contributed by atoms with Gasteiger partial charge < -0.3 is 20.0 Å². The van der Waals surface area contributed by atoms with Crippen LogP contribution in [0.1, 0.15) is 54.5 Å². The Morgan fingerprint density at radius 1 is 1.13 bits per heavy atom. The summed E-state index contributed by atoms with van der Waals surface area (Å²) in [5, 5.41) is 8.24. The third-order valence-corrected chi connectivity index (χ3v) is 7.67. The second-order valence-corrected chi connectivity index (χ2v) is 10.4. The van der Waals surface area contributed by atoms with Gasteiger partial charge in [-0.3, -0.25) is 9.69 Å². The molecule has 0 spiro atoms. The molecule has 0 aromatic carbocycles. The zero-order chi connectivity index (χ0) is 26.8. The summed E-state index contributed by atoms with van der Waals surface area (Å²) in [6.45, 7) is 10.1. The maximum absolute atomic E-state index is 13.0. The Morgan fingerprint density at radius 3 is 2.58 bits per heavy atom. The van der Waals surface area contributed by atoms with Crippen LogP contribution < -0.4 is 10.6 Å². The van der Waals surface area contributed by atoms with E-state index < -0.39 is 0 Å². The van der Waals surface area contributed by atoms with Crippen LogP contribution in [0.4, 0.5) is 11.6 Å². The molecule has 38 heavy (non-hydrogen) atoms. The molecule has 0 saturated carbocycles. The Bertz CT molecular complexity index is 1290. The summed E-state index contributed by atoms with van der Waals surface area (Å²) in [6, 6.07) is 4.12. The van der Waals surface area contributed by atoms with Gasteiger partial charge in [-0.1, -0.05) is 24.9 Å². The number of likely N-dealkylation sites (tertiary alicyclic amines) is 1. The third-order valence-electron chi connectivity index (χ3n) is 7.46. The van der Waals surface area contributed by atoms with Crippen LogP contribution in [0.5, 0.6) is 0 Å². The molecule has 11 nitrogen and oxygen atoms in total. The van der Waals surface area contributed by atoms with Crippen molar-refractivity contribution in [3.05, 3.63) is 40.6 Å². The van der Waals surface area contributed by atoms with Crippen molar-refractivity contribution in [2.75, 3.05) is 43.4 Å². The highest BCUT2D eigenvalue weighted by molar-refractivity contribution is 6.29. The number of aryl methyl sites for hydroxylation is 2. The number of hydrogen-bond acceptors (Lipinski definition) is 10. The van der Waals surface area contributed by atoms with E-state index in [0.29, 0.717) is 48.2 Å². The zero-order valence-electron chi connectivity index (χ0n) is 22.1. The molecule has 5 heterocycles. The van der Waals surface area contributed by atoms with E-state index in [1.807, 2.05) is 11.8 Å². The number of pyridine rings is 1. The number of piperazine rings is 1. The smallest absolute Gasteiger partial charge is 0.267 e. The molecule has 12 heteroatoms. The molecular weight excluding hydrogens is 506 g/mol. The number of halogens is 1. The second-order valence-electron chi connectivity index (χ2n) is 10.0. The summed E-state index contributed by atoms with van der Waals surface area (Å²) in [5.41, 5.74) is 7.82. The van der Waals surface area contributed by atoms with Gasteiger partial charge in [-0.25, -0.2) is 15.0 Å². The predicted octanol–water partition coefficient (Wildman–Crippen LogP) is 3.37. The third kappa shape index (κ3) is 5.44. The average Bonchev–Trinajstić information content (AvgIpc) is 3.35. The predicted molar refractivity (Wildman–Crippen MR) is 145 cm³/mol. The van der Waals surface area contributed by atoms with Gasteiger partial charge in [0.2, 0.25) is 5.89 Å². The maximum Gasteiger partial charge on any atom is 0.267 e. The highest BCUT2D eigenvalue weighted by atomic mass is 35.5. The zero-order valence-corrected chi connectivity index (χ0v) is 22.9. The number of hydrogen-bond donors (Lipinski definition) is 1. The van der Waals surface area contributed by atoms with Gasteiger partial charge >= 0.3 is 0 Å². The maximum atomic E-state index is 13.0. The molecule has 2 aliphatic heterocycles. The fourth-order valence-corrected chi connectivity index (χ4v) is 5.78. The molecule has 0 aliphatic carbocycles. The standard InChI is InChI=1S/C26H34ClN9O2/c1-4-5-19-15-35(24-16(2)30-21(14-29-24)25-33-32-17(3)38-25)12-13-36(19)18-8-10-34(11-9-18)26(37)20-6-7-22(27)31-23(20)28/h6-7,14,18-19H,4-5,8-13,15H2,1-3H3,(H2,28,31)/t19-/m0/s1. The largest absolute Gasteiger partial charge is 0.420 e. The number of piperidine rings is 1. The first kappa shape index (κ1) is 26.3. The van der Waals surface area contributed by atoms with Gasteiger partial charge in [-0.2, -0.15) is 0 Å². The molecule has 0 unspecified atom stereocenters. The minimum atomic E-state index is -0.0757. The van der Waals surface area contributed by atoms with Gasteiger partial charge in [0, 0.05) is 51.7 Å². The summed E-state index contributed by atoms with van der Waals surface area (Å²) in [7, 11) is 0. The van der Waals surface area contributed by atoms with Gasteiger partial charge in [0.15, 0.2) is 0 Å².